The van der Waals surface area contributed by atoms with Gasteiger partial charge >= 0.3 is 0 Å². The van der Waals surface area contributed by atoms with Crippen molar-refractivity contribution >= 4 is 23.1 Å². The number of nitrogens with zero attached hydrogens (tertiary/aromatic N) is 2. The molecule has 0 radical (unpaired) electrons. The van der Waals surface area contributed by atoms with E-state index in [4.69, 9.17) is 0 Å². The largest absolute Gasteiger partial charge is 0.316 e. The van der Waals surface area contributed by atoms with Crippen LogP contribution >= 0.6 is 0 Å². The smallest absolute Gasteiger partial charge is 0.272 e. The zero-order valence-corrected chi connectivity index (χ0v) is 13.6. The standard InChI is InChI=1S/C20H14N4O2/c25-19-17(10-13-4-3-9-21-12-13)23-20(26)18(24-19)11-15-8-7-14-5-1-2-6-16(14)22-15/h1-12H,(H,23,26)(H,24,25). The Hall–Kier alpha value is -3.80. The number of H-pyrrole nitrogens is 2. The van der Waals surface area contributed by atoms with Crippen LogP contribution in [-0.4, -0.2) is 19.9 Å². The molecule has 1 aromatic carbocycles. The van der Waals surface area contributed by atoms with Crippen LogP contribution in [0, 0.1) is 0 Å². The summed E-state index contributed by atoms with van der Waals surface area (Å²) in [6.07, 6.45) is 6.38. The molecule has 3 heterocycles. The molecule has 0 bridgehead atoms. The SMILES string of the molecule is O=c1[nH]c(=Cc2ccc3ccccc3n2)c(=O)[nH]c1=Cc1cccnc1. The number of fused-ring (bicyclic) bond motifs is 1. The molecular weight excluding hydrogens is 328 g/mol. The second-order valence-corrected chi connectivity index (χ2v) is 5.74. The van der Waals surface area contributed by atoms with Crippen LogP contribution in [-0.2, 0) is 0 Å². The first-order valence-electron chi connectivity index (χ1n) is 8.01. The number of aromatic nitrogens is 4. The lowest BCUT2D eigenvalue weighted by Gasteiger charge is -1.98. The number of pyridine rings is 2. The molecule has 3 aromatic heterocycles. The van der Waals surface area contributed by atoms with Gasteiger partial charge in [-0.15, -0.1) is 0 Å². The van der Waals surface area contributed by atoms with Crippen LogP contribution in [0.1, 0.15) is 11.3 Å². The van der Waals surface area contributed by atoms with Gasteiger partial charge in [0.1, 0.15) is 10.7 Å². The van der Waals surface area contributed by atoms with Gasteiger partial charge in [-0.1, -0.05) is 30.3 Å². The summed E-state index contributed by atoms with van der Waals surface area (Å²) in [5.41, 5.74) is 1.35. The maximum Gasteiger partial charge on any atom is 0.272 e. The molecule has 0 unspecified atom stereocenters. The average Bonchev–Trinajstić information content (AvgIpc) is 2.66. The van der Waals surface area contributed by atoms with Gasteiger partial charge in [0, 0.05) is 17.8 Å². The summed E-state index contributed by atoms with van der Waals surface area (Å²) >= 11 is 0. The molecule has 4 aromatic rings. The Morgan fingerprint density at radius 2 is 1.58 bits per heavy atom. The molecule has 6 nitrogen and oxygen atoms in total. The van der Waals surface area contributed by atoms with E-state index in [1.165, 1.54) is 0 Å². The molecule has 0 amide bonds. The molecule has 0 aliphatic heterocycles. The van der Waals surface area contributed by atoms with Crippen molar-refractivity contribution in [1.29, 1.82) is 0 Å². The number of hydrogen-bond donors (Lipinski definition) is 2. The second-order valence-electron chi connectivity index (χ2n) is 5.74. The monoisotopic (exact) mass is 342 g/mol. The summed E-state index contributed by atoms with van der Waals surface area (Å²) < 4.78 is 0. The number of para-hydroxylation sites is 1. The third-order valence-corrected chi connectivity index (χ3v) is 3.89. The Labute approximate surface area is 147 Å². The molecule has 0 aliphatic rings. The Bertz CT molecular complexity index is 1320. The van der Waals surface area contributed by atoms with E-state index in [-0.39, 0.29) is 16.3 Å². The zero-order chi connectivity index (χ0) is 17.9. The predicted molar refractivity (Wildman–Crippen MR) is 100 cm³/mol. The van der Waals surface area contributed by atoms with Gasteiger partial charge in [0.25, 0.3) is 11.1 Å². The normalized spacial score (nSPS) is 12.6. The van der Waals surface area contributed by atoms with Crippen molar-refractivity contribution in [3.63, 3.8) is 0 Å². The van der Waals surface area contributed by atoms with E-state index >= 15 is 0 Å². The first-order valence-corrected chi connectivity index (χ1v) is 8.01. The highest BCUT2D eigenvalue weighted by atomic mass is 16.1. The number of hydrogen-bond acceptors (Lipinski definition) is 4. The summed E-state index contributed by atoms with van der Waals surface area (Å²) in [6.45, 7) is 0. The van der Waals surface area contributed by atoms with Crippen molar-refractivity contribution in [2.24, 2.45) is 0 Å². The van der Waals surface area contributed by atoms with Gasteiger partial charge in [0.05, 0.1) is 11.2 Å². The molecule has 0 aliphatic carbocycles. The van der Waals surface area contributed by atoms with Crippen LogP contribution in [0.3, 0.4) is 0 Å². The summed E-state index contributed by atoms with van der Waals surface area (Å²) in [4.78, 5) is 38.3. The molecule has 0 spiro atoms. The lowest BCUT2D eigenvalue weighted by Crippen LogP contribution is -2.46. The van der Waals surface area contributed by atoms with Gasteiger partial charge in [-0.25, -0.2) is 4.98 Å². The third kappa shape index (κ3) is 3.21. The Morgan fingerprint density at radius 3 is 2.35 bits per heavy atom. The summed E-state index contributed by atoms with van der Waals surface area (Å²) in [5, 5.41) is 1.33. The van der Waals surface area contributed by atoms with Gasteiger partial charge in [0.2, 0.25) is 0 Å². The first kappa shape index (κ1) is 15.7. The minimum absolute atomic E-state index is 0.154. The number of aromatic amines is 2. The topological polar surface area (TPSA) is 91.5 Å². The summed E-state index contributed by atoms with van der Waals surface area (Å²) in [6, 6.07) is 15.0. The number of nitrogens with one attached hydrogen (secondary N) is 2. The first-order chi connectivity index (χ1) is 12.7. The predicted octanol–water partition coefficient (Wildman–Crippen LogP) is 0.664. The molecule has 2 N–H and O–H groups in total. The van der Waals surface area contributed by atoms with Crippen molar-refractivity contribution in [3.05, 3.63) is 104 Å². The summed E-state index contributed by atoms with van der Waals surface area (Å²) in [5.74, 6) is 0. The fourth-order valence-electron chi connectivity index (χ4n) is 2.63. The lowest BCUT2D eigenvalue weighted by molar-refractivity contribution is 1.00. The van der Waals surface area contributed by atoms with E-state index in [0.717, 1.165) is 16.5 Å². The van der Waals surface area contributed by atoms with Crippen molar-refractivity contribution < 1.29 is 0 Å². The molecule has 6 heteroatoms. The van der Waals surface area contributed by atoms with E-state index < -0.39 is 5.56 Å². The fraction of sp³-hybridized carbons (Fsp3) is 0. The van der Waals surface area contributed by atoms with Gasteiger partial charge < -0.3 is 9.97 Å². The van der Waals surface area contributed by atoms with Crippen LogP contribution < -0.4 is 21.8 Å². The molecule has 0 atom stereocenters. The molecule has 0 saturated carbocycles. The van der Waals surface area contributed by atoms with E-state index in [1.54, 1.807) is 42.7 Å². The Morgan fingerprint density at radius 1 is 0.808 bits per heavy atom. The molecule has 0 fully saturated rings. The summed E-state index contributed by atoms with van der Waals surface area (Å²) in [7, 11) is 0. The Kier molecular flexibility index (Phi) is 3.99. The van der Waals surface area contributed by atoms with Crippen LogP contribution in [0.5, 0.6) is 0 Å². The van der Waals surface area contributed by atoms with Crippen LogP contribution in [0.15, 0.2) is 70.5 Å². The maximum absolute atomic E-state index is 12.3. The molecule has 4 rings (SSSR count). The van der Waals surface area contributed by atoms with Crippen molar-refractivity contribution in [2.75, 3.05) is 0 Å². The van der Waals surface area contributed by atoms with Crippen molar-refractivity contribution in [3.8, 4) is 0 Å². The van der Waals surface area contributed by atoms with E-state index in [9.17, 15) is 9.59 Å². The number of rotatable bonds is 2. The van der Waals surface area contributed by atoms with Gasteiger partial charge in [-0.2, -0.15) is 0 Å². The minimum atomic E-state index is -0.394. The highest BCUT2D eigenvalue weighted by molar-refractivity contribution is 5.79. The molecule has 0 saturated heterocycles. The van der Waals surface area contributed by atoms with Gasteiger partial charge in [0.15, 0.2) is 0 Å². The van der Waals surface area contributed by atoms with Crippen molar-refractivity contribution in [1.82, 2.24) is 19.9 Å². The third-order valence-electron chi connectivity index (χ3n) is 3.89. The molecular formula is C20H14N4O2. The van der Waals surface area contributed by atoms with E-state index in [1.807, 2.05) is 30.3 Å². The molecule has 126 valence electrons. The fourth-order valence-corrected chi connectivity index (χ4v) is 2.63. The van der Waals surface area contributed by atoms with Gasteiger partial charge in [-0.3, -0.25) is 14.6 Å². The zero-order valence-electron chi connectivity index (χ0n) is 13.6. The highest BCUT2D eigenvalue weighted by Gasteiger charge is 1.99. The van der Waals surface area contributed by atoms with E-state index in [2.05, 4.69) is 19.9 Å². The highest BCUT2D eigenvalue weighted by Crippen LogP contribution is 2.11. The second kappa shape index (κ2) is 6.60. The minimum Gasteiger partial charge on any atom is -0.316 e. The maximum atomic E-state index is 12.3. The quantitative estimate of drug-likeness (QED) is 0.560. The Balaban J connectivity index is 1.83. The van der Waals surface area contributed by atoms with Crippen LogP contribution in [0.25, 0.3) is 23.1 Å². The van der Waals surface area contributed by atoms with Crippen LogP contribution in [0.4, 0.5) is 0 Å². The number of benzene rings is 1. The lowest BCUT2D eigenvalue weighted by atomic mass is 10.2. The average molecular weight is 342 g/mol. The van der Waals surface area contributed by atoms with Crippen LogP contribution in [0.2, 0.25) is 0 Å². The molecule has 26 heavy (non-hydrogen) atoms. The van der Waals surface area contributed by atoms with Crippen molar-refractivity contribution in [2.45, 2.75) is 0 Å². The van der Waals surface area contributed by atoms with Gasteiger partial charge in [-0.05, 0) is 35.9 Å². The van der Waals surface area contributed by atoms with E-state index in [0.29, 0.717) is 5.69 Å².